The number of hydrogen-bond acceptors (Lipinski definition) is 5. The van der Waals surface area contributed by atoms with E-state index in [1.54, 1.807) is 0 Å². The molecule has 2 heterocycles. The Balaban J connectivity index is 1.44. The molecule has 182 valence electrons. The molecule has 0 saturated heterocycles. The Morgan fingerprint density at radius 3 is 2.32 bits per heavy atom. The van der Waals surface area contributed by atoms with Gasteiger partial charge in [0.2, 0.25) is 0 Å². The van der Waals surface area contributed by atoms with Crippen molar-refractivity contribution >= 4 is 39.3 Å². The molecule has 0 bridgehead atoms. The molecular formula is C31H24N2O4. The predicted octanol–water partition coefficient (Wildman–Crippen LogP) is 6.37. The van der Waals surface area contributed by atoms with Gasteiger partial charge in [0.25, 0.3) is 0 Å². The van der Waals surface area contributed by atoms with E-state index in [-0.39, 0.29) is 12.4 Å². The first-order chi connectivity index (χ1) is 18.0. The van der Waals surface area contributed by atoms with Crippen LogP contribution in [0, 0.1) is 0 Å². The van der Waals surface area contributed by atoms with Crippen LogP contribution in [0.25, 0.3) is 32.9 Å². The number of aryl methyl sites for hydroxylation is 1. The van der Waals surface area contributed by atoms with Gasteiger partial charge in [-0.05, 0) is 48.4 Å². The minimum atomic E-state index is -0.482. The van der Waals surface area contributed by atoms with Crippen molar-refractivity contribution in [2.24, 2.45) is 5.16 Å². The summed E-state index contributed by atoms with van der Waals surface area (Å²) in [4.78, 5) is 29.6. The summed E-state index contributed by atoms with van der Waals surface area (Å²) in [7, 11) is 0. The molecule has 0 aliphatic carbocycles. The summed E-state index contributed by atoms with van der Waals surface area (Å²) in [6.07, 6.45) is 0. The van der Waals surface area contributed by atoms with Crippen molar-refractivity contribution in [3.8, 4) is 16.9 Å². The van der Waals surface area contributed by atoms with Gasteiger partial charge < -0.3 is 14.1 Å². The highest BCUT2D eigenvalue weighted by atomic mass is 16.7. The van der Waals surface area contributed by atoms with Crippen LogP contribution in [0.1, 0.15) is 35.3 Å². The maximum atomic E-state index is 13.5. The second-order valence-corrected chi connectivity index (χ2v) is 8.99. The van der Waals surface area contributed by atoms with Gasteiger partial charge >= 0.3 is 5.97 Å². The van der Waals surface area contributed by atoms with E-state index < -0.39 is 5.97 Å². The average molecular weight is 489 g/mol. The van der Waals surface area contributed by atoms with E-state index in [1.165, 1.54) is 6.92 Å². The Hall–Kier alpha value is -4.71. The third-order valence-electron chi connectivity index (χ3n) is 6.76. The number of carbonyl (C=O) groups excluding carboxylic acids is 2. The van der Waals surface area contributed by atoms with Crippen LogP contribution < -0.4 is 4.74 Å². The molecule has 37 heavy (non-hydrogen) atoms. The average Bonchev–Trinajstić information content (AvgIpc) is 3.49. The van der Waals surface area contributed by atoms with Crippen LogP contribution in [0.15, 0.2) is 90.1 Å². The molecule has 0 atom stereocenters. The number of ketones is 1. The SMILES string of the molecule is CCn1c2ccc(C(=O)c3ccc(-c4ccccc4)cc3)cc2c2c3c(ccc21)/C(=N/OC(C)=O)CO3. The zero-order valence-electron chi connectivity index (χ0n) is 20.5. The fourth-order valence-electron chi connectivity index (χ4n) is 5.04. The van der Waals surface area contributed by atoms with Crippen LogP contribution >= 0.6 is 0 Å². The smallest absolute Gasteiger partial charge is 0.331 e. The van der Waals surface area contributed by atoms with Gasteiger partial charge in [0.1, 0.15) is 18.1 Å². The number of ether oxygens (including phenoxy) is 1. The largest absolute Gasteiger partial charge is 0.486 e. The molecule has 0 radical (unpaired) electrons. The molecule has 1 aromatic heterocycles. The van der Waals surface area contributed by atoms with E-state index in [2.05, 4.69) is 28.8 Å². The highest BCUT2D eigenvalue weighted by molar-refractivity contribution is 6.20. The molecule has 0 unspecified atom stereocenters. The highest BCUT2D eigenvalue weighted by Gasteiger charge is 2.26. The lowest BCUT2D eigenvalue weighted by atomic mass is 9.98. The second kappa shape index (κ2) is 9.06. The molecule has 0 N–H and O–H groups in total. The number of oxime groups is 1. The van der Waals surface area contributed by atoms with Crippen molar-refractivity contribution in [1.29, 1.82) is 0 Å². The van der Waals surface area contributed by atoms with Gasteiger partial charge in [-0.15, -0.1) is 0 Å². The molecule has 4 aromatic carbocycles. The standard InChI is InChI=1S/C31H24N2O4/c1-3-33-27-15-13-23(30(35)22-11-9-21(10-12-22)20-7-5-4-6-8-20)17-25(27)29-28(33)16-14-24-26(18-36-31(24)29)32-37-19(2)34/h4-17H,3,18H2,1-2H3/b32-26+. The van der Waals surface area contributed by atoms with Crippen molar-refractivity contribution < 1.29 is 19.2 Å². The minimum absolute atomic E-state index is 0.0375. The fourth-order valence-corrected chi connectivity index (χ4v) is 5.04. The number of fused-ring (bicyclic) bond motifs is 5. The first-order valence-electron chi connectivity index (χ1n) is 12.2. The Labute approximate surface area is 213 Å². The maximum absolute atomic E-state index is 13.5. The summed E-state index contributed by atoms with van der Waals surface area (Å²) in [5.41, 5.74) is 6.82. The van der Waals surface area contributed by atoms with Crippen LogP contribution in [0.4, 0.5) is 0 Å². The van der Waals surface area contributed by atoms with Gasteiger partial charge in [0.15, 0.2) is 5.78 Å². The molecule has 0 spiro atoms. The Bertz CT molecular complexity index is 1710. The summed E-state index contributed by atoms with van der Waals surface area (Å²) in [6.45, 7) is 4.38. The van der Waals surface area contributed by atoms with Crippen LogP contribution in [-0.2, 0) is 16.2 Å². The quantitative estimate of drug-likeness (QED) is 0.164. The van der Waals surface area contributed by atoms with Gasteiger partial charge in [-0.1, -0.05) is 59.8 Å². The lowest BCUT2D eigenvalue weighted by Crippen LogP contribution is -2.04. The Morgan fingerprint density at radius 1 is 0.892 bits per heavy atom. The van der Waals surface area contributed by atoms with Crippen LogP contribution in [0.2, 0.25) is 0 Å². The summed E-state index contributed by atoms with van der Waals surface area (Å²) >= 11 is 0. The lowest BCUT2D eigenvalue weighted by molar-refractivity contribution is -0.140. The van der Waals surface area contributed by atoms with E-state index in [4.69, 9.17) is 9.57 Å². The van der Waals surface area contributed by atoms with Crippen molar-refractivity contribution in [2.45, 2.75) is 20.4 Å². The highest BCUT2D eigenvalue weighted by Crippen LogP contribution is 2.41. The van der Waals surface area contributed by atoms with Crippen molar-refractivity contribution in [3.63, 3.8) is 0 Å². The number of benzene rings is 4. The van der Waals surface area contributed by atoms with Crippen molar-refractivity contribution in [3.05, 3.63) is 102 Å². The lowest BCUT2D eigenvalue weighted by Gasteiger charge is -2.06. The molecule has 0 amide bonds. The monoisotopic (exact) mass is 488 g/mol. The van der Waals surface area contributed by atoms with Gasteiger partial charge in [-0.25, -0.2) is 4.79 Å². The molecule has 6 nitrogen and oxygen atoms in total. The fraction of sp³-hybridized carbons (Fsp3) is 0.129. The number of nitrogens with zero attached hydrogens (tertiary/aromatic N) is 2. The maximum Gasteiger partial charge on any atom is 0.331 e. The second-order valence-electron chi connectivity index (χ2n) is 8.99. The first-order valence-corrected chi connectivity index (χ1v) is 12.2. The zero-order chi connectivity index (χ0) is 25.5. The molecule has 0 saturated carbocycles. The number of rotatable bonds is 5. The van der Waals surface area contributed by atoms with Gasteiger partial charge in [0, 0.05) is 41.1 Å². The Kier molecular flexibility index (Phi) is 5.57. The van der Waals surface area contributed by atoms with Gasteiger partial charge in [-0.2, -0.15) is 0 Å². The number of carbonyl (C=O) groups is 2. The predicted molar refractivity (Wildman–Crippen MR) is 144 cm³/mol. The third-order valence-corrected chi connectivity index (χ3v) is 6.76. The zero-order valence-corrected chi connectivity index (χ0v) is 20.5. The number of aromatic nitrogens is 1. The normalized spacial score (nSPS) is 13.6. The molecular weight excluding hydrogens is 464 g/mol. The van der Waals surface area contributed by atoms with Crippen molar-refractivity contribution in [2.75, 3.05) is 6.61 Å². The van der Waals surface area contributed by atoms with Crippen molar-refractivity contribution in [1.82, 2.24) is 4.57 Å². The van der Waals surface area contributed by atoms with Gasteiger partial charge in [-0.3, -0.25) is 4.79 Å². The van der Waals surface area contributed by atoms with Crippen LogP contribution in [0.3, 0.4) is 0 Å². The summed E-state index contributed by atoms with van der Waals surface area (Å²) in [6, 6.07) is 27.6. The van der Waals surface area contributed by atoms with Crippen LogP contribution in [-0.4, -0.2) is 28.6 Å². The van der Waals surface area contributed by atoms with E-state index in [0.29, 0.717) is 22.6 Å². The molecule has 6 heteroatoms. The first kappa shape index (κ1) is 22.7. The van der Waals surface area contributed by atoms with Crippen LogP contribution in [0.5, 0.6) is 5.75 Å². The van der Waals surface area contributed by atoms with E-state index >= 15 is 0 Å². The Morgan fingerprint density at radius 2 is 1.59 bits per heavy atom. The molecule has 0 fully saturated rings. The topological polar surface area (TPSA) is 69.9 Å². The molecule has 6 rings (SSSR count). The molecule has 5 aromatic rings. The molecule has 1 aliphatic heterocycles. The third kappa shape index (κ3) is 3.87. The molecule has 1 aliphatic rings. The van der Waals surface area contributed by atoms with E-state index in [1.807, 2.05) is 72.8 Å². The number of hydrogen-bond donors (Lipinski definition) is 0. The minimum Gasteiger partial charge on any atom is -0.486 e. The summed E-state index contributed by atoms with van der Waals surface area (Å²) in [5, 5.41) is 5.84. The summed E-state index contributed by atoms with van der Waals surface area (Å²) < 4.78 is 8.25. The van der Waals surface area contributed by atoms with E-state index in [9.17, 15) is 9.59 Å². The van der Waals surface area contributed by atoms with Gasteiger partial charge in [0.05, 0.1) is 10.9 Å². The van der Waals surface area contributed by atoms with E-state index in [0.717, 1.165) is 45.0 Å². The summed E-state index contributed by atoms with van der Waals surface area (Å²) in [5.74, 6) is 0.173.